The van der Waals surface area contributed by atoms with Gasteiger partial charge in [-0.05, 0) is 28.6 Å². The fraction of sp³-hybridized carbons (Fsp3) is 0.409. The standard InChI is InChI=1S/C22H25NO5S/c24-14-16-3-5-17(6-4-16)15-27-21-13-18(20-2-1-11-29-20)12-19(28-21)22(25)23-7-9-26-10-8-23/h1-6,11-12,18,21,24H,7-10,13-15H2/t18-,21+/m0/s1. The van der Waals surface area contributed by atoms with Crippen molar-refractivity contribution in [3.8, 4) is 0 Å². The summed E-state index contributed by atoms with van der Waals surface area (Å²) in [7, 11) is 0. The van der Waals surface area contributed by atoms with Gasteiger partial charge in [0.15, 0.2) is 5.76 Å². The monoisotopic (exact) mass is 415 g/mol. The van der Waals surface area contributed by atoms with Crippen LogP contribution in [0.3, 0.4) is 0 Å². The van der Waals surface area contributed by atoms with Crippen molar-refractivity contribution in [2.45, 2.75) is 31.8 Å². The van der Waals surface area contributed by atoms with Gasteiger partial charge in [0.1, 0.15) is 0 Å². The quantitative estimate of drug-likeness (QED) is 0.786. The average molecular weight is 416 g/mol. The molecule has 1 saturated heterocycles. The highest BCUT2D eigenvalue weighted by Crippen LogP contribution is 2.34. The Morgan fingerprint density at radius 3 is 2.62 bits per heavy atom. The van der Waals surface area contributed by atoms with E-state index in [0.29, 0.717) is 45.1 Å². The van der Waals surface area contributed by atoms with E-state index < -0.39 is 6.29 Å². The molecule has 2 aromatic rings. The lowest BCUT2D eigenvalue weighted by molar-refractivity contribution is -0.158. The number of aliphatic hydroxyl groups excluding tert-OH is 1. The third-order valence-corrected chi connectivity index (χ3v) is 6.12. The molecule has 2 aliphatic rings. The fourth-order valence-corrected chi connectivity index (χ4v) is 4.27. The highest BCUT2D eigenvalue weighted by atomic mass is 32.1. The summed E-state index contributed by atoms with van der Waals surface area (Å²) in [6, 6.07) is 11.7. The lowest BCUT2D eigenvalue weighted by Crippen LogP contribution is -2.43. The molecule has 0 aliphatic carbocycles. The second-order valence-electron chi connectivity index (χ2n) is 7.13. The number of amides is 1. The molecule has 1 N–H and O–H groups in total. The predicted octanol–water partition coefficient (Wildman–Crippen LogP) is 3.03. The van der Waals surface area contributed by atoms with E-state index in [1.807, 2.05) is 41.8 Å². The van der Waals surface area contributed by atoms with Crippen LogP contribution in [0.4, 0.5) is 0 Å². The number of hydrogen-bond acceptors (Lipinski definition) is 6. The first-order chi connectivity index (χ1) is 14.2. The van der Waals surface area contributed by atoms with Crippen molar-refractivity contribution in [2.75, 3.05) is 26.3 Å². The number of morpholine rings is 1. The van der Waals surface area contributed by atoms with Crippen LogP contribution in [0.25, 0.3) is 0 Å². The minimum absolute atomic E-state index is 0.0210. The van der Waals surface area contributed by atoms with E-state index in [0.717, 1.165) is 11.1 Å². The van der Waals surface area contributed by atoms with E-state index in [1.54, 1.807) is 16.2 Å². The van der Waals surface area contributed by atoms with Crippen LogP contribution in [0, 0.1) is 0 Å². The predicted molar refractivity (Wildman–Crippen MR) is 109 cm³/mol. The molecular formula is C22H25NO5S. The minimum atomic E-state index is -0.496. The van der Waals surface area contributed by atoms with Crippen LogP contribution in [0.1, 0.15) is 28.3 Å². The molecule has 0 spiro atoms. The van der Waals surface area contributed by atoms with Gasteiger partial charge in [0.25, 0.3) is 5.91 Å². The molecule has 0 radical (unpaired) electrons. The lowest BCUT2D eigenvalue weighted by Gasteiger charge is -2.32. The number of thiophene rings is 1. The van der Waals surface area contributed by atoms with E-state index in [9.17, 15) is 9.90 Å². The van der Waals surface area contributed by atoms with Gasteiger partial charge in [0, 0.05) is 30.3 Å². The van der Waals surface area contributed by atoms with E-state index >= 15 is 0 Å². The summed E-state index contributed by atoms with van der Waals surface area (Å²) in [6.45, 7) is 2.66. The van der Waals surface area contributed by atoms with Crippen LogP contribution < -0.4 is 0 Å². The molecule has 4 rings (SSSR count). The average Bonchev–Trinajstić information content (AvgIpc) is 3.33. The van der Waals surface area contributed by atoms with Crippen LogP contribution in [-0.2, 0) is 32.2 Å². The van der Waals surface area contributed by atoms with E-state index in [-0.39, 0.29) is 18.4 Å². The first-order valence-corrected chi connectivity index (χ1v) is 10.7. The Morgan fingerprint density at radius 2 is 1.93 bits per heavy atom. The number of nitrogens with zero attached hydrogens (tertiary/aromatic N) is 1. The number of benzene rings is 1. The first kappa shape index (κ1) is 20.1. The number of rotatable bonds is 6. The second-order valence-corrected chi connectivity index (χ2v) is 8.11. The molecule has 1 amide bonds. The Labute approximate surface area is 174 Å². The Balaban J connectivity index is 1.46. The molecule has 154 valence electrons. The smallest absolute Gasteiger partial charge is 0.288 e. The lowest BCUT2D eigenvalue weighted by atomic mass is 9.99. The normalized spacial score (nSPS) is 22.1. The molecule has 6 nitrogen and oxygen atoms in total. The molecule has 1 aromatic heterocycles. The molecule has 1 fully saturated rings. The largest absolute Gasteiger partial charge is 0.459 e. The minimum Gasteiger partial charge on any atom is -0.459 e. The maximum absolute atomic E-state index is 13.0. The molecular weight excluding hydrogens is 390 g/mol. The Kier molecular flexibility index (Phi) is 6.61. The van der Waals surface area contributed by atoms with Gasteiger partial charge in [-0.2, -0.15) is 0 Å². The number of hydrogen-bond donors (Lipinski definition) is 1. The summed E-state index contributed by atoms with van der Waals surface area (Å²) in [6.07, 6.45) is 2.10. The molecule has 2 atom stereocenters. The molecule has 0 unspecified atom stereocenters. The molecule has 1 aromatic carbocycles. The van der Waals surface area contributed by atoms with Gasteiger partial charge < -0.3 is 24.2 Å². The van der Waals surface area contributed by atoms with E-state index in [1.165, 1.54) is 4.88 Å². The van der Waals surface area contributed by atoms with E-state index in [4.69, 9.17) is 14.2 Å². The molecule has 0 saturated carbocycles. The van der Waals surface area contributed by atoms with Gasteiger partial charge >= 0.3 is 0 Å². The molecule has 0 bridgehead atoms. The number of carbonyl (C=O) groups excluding carboxylic acids is 1. The number of ether oxygens (including phenoxy) is 3. The Hall–Kier alpha value is -2.19. The van der Waals surface area contributed by atoms with Gasteiger partial charge in [0.05, 0.1) is 26.4 Å². The number of aliphatic hydroxyl groups is 1. The highest BCUT2D eigenvalue weighted by molar-refractivity contribution is 7.10. The van der Waals surface area contributed by atoms with Gasteiger partial charge in [-0.25, -0.2) is 0 Å². The zero-order valence-corrected chi connectivity index (χ0v) is 17.0. The van der Waals surface area contributed by atoms with Crippen molar-refractivity contribution in [1.82, 2.24) is 4.90 Å². The topological polar surface area (TPSA) is 68.2 Å². The van der Waals surface area contributed by atoms with Crippen molar-refractivity contribution >= 4 is 17.2 Å². The summed E-state index contributed by atoms with van der Waals surface area (Å²) in [5, 5.41) is 11.2. The SMILES string of the molecule is O=C(C1=C[C@H](c2cccs2)C[C@H](OCc2ccc(CO)cc2)O1)N1CCOCC1. The number of carbonyl (C=O) groups is 1. The van der Waals surface area contributed by atoms with Crippen LogP contribution in [0.5, 0.6) is 0 Å². The van der Waals surface area contributed by atoms with Crippen LogP contribution in [0.15, 0.2) is 53.6 Å². The van der Waals surface area contributed by atoms with Crippen LogP contribution in [-0.4, -0.2) is 48.5 Å². The van der Waals surface area contributed by atoms with Crippen molar-refractivity contribution in [2.24, 2.45) is 0 Å². The first-order valence-electron chi connectivity index (χ1n) is 9.82. The zero-order valence-electron chi connectivity index (χ0n) is 16.2. The van der Waals surface area contributed by atoms with Crippen molar-refractivity contribution < 1.29 is 24.1 Å². The molecule has 29 heavy (non-hydrogen) atoms. The summed E-state index contributed by atoms with van der Waals surface area (Å²) >= 11 is 1.68. The third kappa shape index (κ3) is 5.05. The summed E-state index contributed by atoms with van der Waals surface area (Å²) < 4.78 is 17.3. The maximum atomic E-state index is 13.0. The van der Waals surface area contributed by atoms with Gasteiger partial charge in [-0.1, -0.05) is 30.3 Å². The Bertz CT molecular complexity index is 827. The Morgan fingerprint density at radius 1 is 1.17 bits per heavy atom. The van der Waals surface area contributed by atoms with Gasteiger partial charge in [-0.3, -0.25) is 4.79 Å². The molecule has 7 heteroatoms. The van der Waals surface area contributed by atoms with Gasteiger partial charge in [-0.15, -0.1) is 11.3 Å². The van der Waals surface area contributed by atoms with Crippen molar-refractivity contribution in [3.63, 3.8) is 0 Å². The van der Waals surface area contributed by atoms with Crippen LogP contribution in [0.2, 0.25) is 0 Å². The molecule has 2 aliphatic heterocycles. The fourth-order valence-electron chi connectivity index (χ4n) is 3.46. The zero-order chi connectivity index (χ0) is 20.1. The summed E-state index contributed by atoms with van der Waals surface area (Å²) in [5.41, 5.74) is 1.86. The van der Waals surface area contributed by atoms with Gasteiger partial charge in [0.2, 0.25) is 6.29 Å². The third-order valence-electron chi connectivity index (χ3n) is 5.12. The molecule has 3 heterocycles. The maximum Gasteiger partial charge on any atom is 0.288 e. The summed E-state index contributed by atoms with van der Waals surface area (Å²) in [4.78, 5) is 15.9. The van der Waals surface area contributed by atoms with Crippen LogP contribution >= 0.6 is 11.3 Å². The highest BCUT2D eigenvalue weighted by Gasteiger charge is 2.31. The van der Waals surface area contributed by atoms with Crippen molar-refractivity contribution in [3.05, 3.63) is 69.6 Å². The van der Waals surface area contributed by atoms with Crippen molar-refractivity contribution in [1.29, 1.82) is 0 Å². The second kappa shape index (κ2) is 9.54. The summed E-state index contributed by atoms with van der Waals surface area (Å²) in [5.74, 6) is 0.345. The van der Waals surface area contributed by atoms with E-state index in [2.05, 4.69) is 6.07 Å². The number of allylic oxidation sites excluding steroid dienone is 1.